The molecule has 5 rings (SSSR count). The van der Waals surface area contributed by atoms with Crippen LogP contribution in [0.5, 0.6) is 17.2 Å². The summed E-state index contributed by atoms with van der Waals surface area (Å²) in [5.74, 6) is 0.0993. The number of hydrogen-bond acceptors (Lipinski definition) is 6. The molecule has 0 aliphatic carbocycles. The Labute approximate surface area is 214 Å². The number of aromatic nitrogens is 1. The zero-order valence-corrected chi connectivity index (χ0v) is 20.1. The molecule has 3 aromatic carbocycles. The van der Waals surface area contributed by atoms with E-state index in [4.69, 9.17) is 9.47 Å². The maximum Gasteiger partial charge on any atom is 0.295 e. The summed E-state index contributed by atoms with van der Waals surface area (Å²) in [4.78, 5) is 32.2. The van der Waals surface area contributed by atoms with E-state index >= 15 is 0 Å². The molecule has 1 fully saturated rings. The van der Waals surface area contributed by atoms with Crippen LogP contribution in [0.1, 0.15) is 22.7 Å². The average Bonchev–Trinajstić information content (AvgIpc) is 3.19. The van der Waals surface area contributed by atoms with Gasteiger partial charge in [0, 0.05) is 24.5 Å². The number of Topliss-reactive ketones (excluding diaryl/α,β-unsaturated/α-hetero) is 1. The minimum atomic E-state index is -0.832. The van der Waals surface area contributed by atoms with Gasteiger partial charge in [0.05, 0.1) is 18.7 Å². The van der Waals surface area contributed by atoms with Gasteiger partial charge in [0.1, 0.15) is 23.0 Å². The van der Waals surface area contributed by atoms with Crippen molar-refractivity contribution in [1.29, 1.82) is 0 Å². The first-order valence-electron chi connectivity index (χ1n) is 11.7. The van der Waals surface area contributed by atoms with E-state index in [9.17, 15) is 14.7 Å². The Kier molecular flexibility index (Phi) is 6.68. The van der Waals surface area contributed by atoms with Crippen molar-refractivity contribution in [2.45, 2.75) is 12.6 Å². The van der Waals surface area contributed by atoms with Crippen LogP contribution in [-0.4, -0.2) is 33.8 Å². The Morgan fingerprint density at radius 3 is 2.35 bits per heavy atom. The molecule has 0 saturated carbocycles. The van der Waals surface area contributed by atoms with Gasteiger partial charge in [-0.2, -0.15) is 0 Å². The monoisotopic (exact) mass is 492 g/mol. The predicted octanol–water partition coefficient (Wildman–Crippen LogP) is 5.50. The average molecular weight is 493 g/mol. The maximum absolute atomic E-state index is 13.3. The fourth-order valence-electron chi connectivity index (χ4n) is 4.36. The van der Waals surface area contributed by atoms with Gasteiger partial charge in [-0.1, -0.05) is 36.4 Å². The molecule has 2 heterocycles. The molecule has 1 amide bonds. The molecule has 0 radical (unpaired) electrons. The molecule has 1 aliphatic rings. The minimum absolute atomic E-state index is 0.0101. The number of para-hydroxylation sites is 1. The van der Waals surface area contributed by atoms with Crippen LogP contribution in [-0.2, 0) is 16.1 Å². The van der Waals surface area contributed by atoms with Crippen molar-refractivity contribution in [3.63, 3.8) is 0 Å². The van der Waals surface area contributed by atoms with Crippen LogP contribution in [0.3, 0.4) is 0 Å². The van der Waals surface area contributed by atoms with Crippen LogP contribution in [0, 0.1) is 0 Å². The number of carbonyl (C=O) groups excluding carboxylic acids is 2. The third-order valence-corrected chi connectivity index (χ3v) is 6.13. The Morgan fingerprint density at radius 1 is 0.892 bits per heavy atom. The predicted molar refractivity (Wildman–Crippen MR) is 138 cm³/mol. The molecular formula is C30H24N2O5. The van der Waals surface area contributed by atoms with Gasteiger partial charge in [0.25, 0.3) is 11.7 Å². The smallest absolute Gasteiger partial charge is 0.295 e. The molecule has 1 aliphatic heterocycles. The highest BCUT2D eigenvalue weighted by Gasteiger charge is 2.46. The van der Waals surface area contributed by atoms with E-state index in [0.29, 0.717) is 28.4 Å². The highest BCUT2D eigenvalue weighted by Crippen LogP contribution is 2.41. The maximum atomic E-state index is 13.3. The van der Waals surface area contributed by atoms with Gasteiger partial charge < -0.3 is 19.5 Å². The number of methoxy groups -OCH3 is 1. The number of aliphatic hydroxyl groups excluding tert-OH is 1. The number of amides is 1. The van der Waals surface area contributed by atoms with E-state index in [1.165, 1.54) is 4.90 Å². The number of aliphatic hydroxyl groups is 1. The van der Waals surface area contributed by atoms with Gasteiger partial charge in [0.15, 0.2) is 0 Å². The summed E-state index contributed by atoms with van der Waals surface area (Å²) >= 11 is 0. The summed E-state index contributed by atoms with van der Waals surface area (Å²) in [6, 6.07) is 25.9. The zero-order chi connectivity index (χ0) is 25.8. The number of likely N-dealkylation sites (tertiary alicyclic amines) is 1. The molecule has 184 valence electrons. The van der Waals surface area contributed by atoms with Gasteiger partial charge in [-0.05, 0) is 65.7 Å². The van der Waals surface area contributed by atoms with E-state index in [0.717, 1.165) is 5.56 Å². The third kappa shape index (κ3) is 4.92. The lowest BCUT2D eigenvalue weighted by molar-refractivity contribution is -0.140. The topological polar surface area (TPSA) is 89.0 Å². The van der Waals surface area contributed by atoms with Gasteiger partial charge in [-0.15, -0.1) is 0 Å². The van der Waals surface area contributed by atoms with Crippen molar-refractivity contribution in [3.8, 4) is 17.2 Å². The van der Waals surface area contributed by atoms with Crippen molar-refractivity contribution >= 4 is 17.4 Å². The highest BCUT2D eigenvalue weighted by atomic mass is 16.5. The molecule has 0 spiro atoms. The summed E-state index contributed by atoms with van der Waals surface area (Å²) in [6.45, 7) is 0.145. The lowest BCUT2D eigenvalue weighted by Crippen LogP contribution is -2.29. The number of ether oxygens (including phenoxy) is 2. The molecule has 0 unspecified atom stereocenters. The molecular weight excluding hydrogens is 468 g/mol. The first-order valence-corrected chi connectivity index (χ1v) is 11.7. The lowest BCUT2D eigenvalue weighted by Gasteiger charge is -2.25. The number of carbonyl (C=O) groups is 2. The van der Waals surface area contributed by atoms with E-state index in [1.54, 1.807) is 68.0 Å². The minimum Gasteiger partial charge on any atom is -0.507 e. The van der Waals surface area contributed by atoms with E-state index in [-0.39, 0.29) is 17.9 Å². The molecule has 0 bridgehead atoms. The van der Waals surface area contributed by atoms with Gasteiger partial charge in [-0.3, -0.25) is 14.6 Å². The number of rotatable bonds is 7. The second kappa shape index (κ2) is 10.4. The first kappa shape index (κ1) is 23.8. The van der Waals surface area contributed by atoms with Crippen molar-refractivity contribution in [1.82, 2.24) is 9.88 Å². The van der Waals surface area contributed by atoms with Crippen LogP contribution >= 0.6 is 0 Å². The number of ketones is 1. The number of benzene rings is 3. The Balaban J connectivity index is 1.60. The van der Waals surface area contributed by atoms with Crippen molar-refractivity contribution in [3.05, 3.63) is 126 Å². The highest BCUT2D eigenvalue weighted by molar-refractivity contribution is 6.46. The van der Waals surface area contributed by atoms with Crippen LogP contribution in [0.2, 0.25) is 0 Å². The lowest BCUT2D eigenvalue weighted by atomic mass is 9.95. The van der Waals surface area contributed by atoms with Crippen LogP contribution in [0.4, 0.5) is 0 Å². The first-order chi connectivity index (χ1) is 18.0. The van der Waals surface area contributed by atoms with Gasteiger partial charge >= 0.3 is 0 Å². The summed E-state index contributed by atoms with van der Waals surface area (Å²) in [5.41, 5.74) is 1.81. The largest absolute Gasteiger partial charge is 0.507 e. The van der Waals surface area contributed by atoms with E-state index in [1.807, 2.05) is 42.5 Å². The molecule has 4 aromatic rings. The number of hydrogen-bond donors (Lipinski definition) is 1. The van der Waals surface area contributed by atoms with Gasteiger partial charge in [-0.25, -0.2) is 0 Å². The Morgan fingerprint density at radius 2 is 1.65 bits per heavy atom. The van der Waals surface area contributed by atoms with E-state index in [2.05, 4.69) is 4.98 Å². The Hall–Kier alpha value is -4.91. The fourth-order valence-corrected chi connectivity index (χ4v) is 4.36. The van der Waals surface area contributed by atoms with Crippen molar-refractivity contribution in [2.75, 3.05) is 7.11 Å². The van der Waals surface area contributed by atoms with Crippen molar-refractivity contribution in [2.24, 2.45) is 0 Å². The van der Waals surface area contributed by atoms with Crippen LogP contribution < -0.4 is 9.47 Å². The number of nitrogens with zero attached hydrogens (tertiary/aromatic N) is 2. The molecule has 1 N–H and O–H groups in total. The number of pyridine rings is 1. The molecule has 1 atom stereocenters. The second-order valence-corrected chi connectivity index (χ2v) is 8.50. The van der Waals surface area contributed by atoms with Crippen LogP contribution in [0.25, 0.3) is 5.76 Å². The van der Waals surface area contributed by atoms with Crippen molar-refractivity contribution < 1.29 is 24.2 Å². The fraction of sp³-hybridized carbons (Fsp3) is 0.100. The second-order valence-electron chi connectivity index (χ2n) is 8.50. The zero-order valence-electron chi connectivity index (χ0n) is 20.1. The van der Waals surface area contributed by atoms with Gasteiger partial charge in [0.2, 0.25) is 0 Å². The summed E-state index contributed by atoms with van der Waals surface area (Å²) in [7, 11) is 1.54. The standard InChI is InChI=1S/C30H24N2O5/c1-36-23-14-12-21(13-15-23)28(33)26-27(32(30(35)29(26)34)19-20-7-6-16-31-18-20)22-8-5-11-25(17-22)37-24-9-3-2-4-10-24/h2-18,27,33H,19H2,1H3/b28-26+/t27-/m0/s1. The SMILES string of the molecule is COc1ccc(/C(O)=C2\C(=O)C(=O)N(Cc3cccnc3)[C@H]2c2cccc(Oc3ccccc3)c2)cc1. The molecule has 7 nitrogen and oxygen atoms in total. The Bertz CT molecular complexity index is 1450. The third-order valence-electron chi connectivity index (χ3n) is 6.13. The summed E-state index contributed by atoms with van der Waals surface area (Å²) in [5, 5.41) is 11.3. The molecule has 37 heavy (non-hydrogen) atoms. The normalized spacial score (nSPS) is 16.6. The molecule has 1 saturated heterocycles. The quantitative estimate of drug-likeness (QED) is 0.208. The van der Waals surface area contributed by atoms with Crippen LogP contribution in [0.15, 0.2) is 109 Å². The summed E-state index contributed by atoms with van der Waals surface area (Å²) < 4.78 is 11.2. The molecule has 7 heteroatoms. The molecule has 1 aromatic heterocycles. The van der Waals surface area contributed by atoms with E-state index < -0.39 is 17.7 Å². The summed E-state index contributed by atoms with van der Waals surface area (Å²) in [6.07, 6.45) is 3.29.